The number of piperidine rings is 1. The fourth-order valence-electron chi connectivity index (χ4n) is 2.11. The Morgan fingerprint density at radius 3 is 3.13 bits per heavy atom. The lowest BCUT2D eigenvalue weighted by Gasteiger charge is -2.31. The van der Waals surface area contributed by atoms with Crippen molar-refractivity contribution >= 4 is 27.5 Å². The van der Waals surface area contributed by atoms with Crippen LogP contribution in [0.25, 0.3) is 0 Å². The Labute approximate surface area is 104 Å². The molecule has 0 N–H and O–H groups in total. The third-order valence-corrected chi connectivity index (χ3v) is 3.70. The Morgan fingerprint density at radius 2 is 2.47 bits per heavy atom. The molecular weight excluding hydrogens is 277 g/mol. The van der Waals surface area contributed by atoms with E-state index in [1.165, 1.54) is 24.9 Å². The molecule has 0 radical (unpaired) electrons. The molecule has 0 spiro atoms. The molecule has 4 heteroatoms. The van der Waals surface area contributed by atoms with Crippen molar-refractivity contribution in [3.8, 4) is 0 Å². The van der Waals surface area contributed by atoms with E-state index in [1.807, 2.05) is 12.3 Å². The maximum Gasteiger partial charge on any atom is 0.169 e. The second kappa shape index (κ2) is 5.37. The Morgan fingerprint density at radius 1 is 1.60 bits per heavy atom. The van der Waals surface area contributed by atoms with Crippen molar-refractivity contribution in [2.45, 2.75) is 19.4 Å². The number of likely N-dealkylation sites (tertiary alicyclic amines) is 1. The van der Waals surface area contributed by atoms with E-state index in [9.17, 15) is 0 Å². The molecule has 1 fully saturated rings. The van der Waals surface area contributed by atoms with Crippen molar-refractivity contribution in [3.63, 3.8) is 0 Å². The summed E-state index contributed by atoms with van der Waals surface area (Å²) in [5, 5.41) is 0. The minimum atomic E-state index is 0.663. The van der Waals surface area contributed by atoms with E-state index in [1.54, 1.807) is 0 Å². The molecule has 0 aliphatic carbocycles. The molecule has 2 heterocycles. The van der Waals surface area contributed by atoms with Gasteiger partial charge in [0.2, 0.25) is 0 Å². The lowest BCUT2D eigenvalue weighted by Crippen LogP contribution is -2.35. The van der Waals surface area contributed by atoms with Crippen molar-refractivity contribution in [1.82, 2.24) is 4.90 Å². The molecule has 1 aliphatic heterocycles. The summed E-state index contributed by atoms with van der Waals surface area (Å²) in [6, 6.07) is 2.03. The summed E-state index contributed by atoms with van der Waals surface area (Å²) in [5.74, 6) is 1.45. The Bertz CT molecular complexity index is 315. The van der Waals surface area contributed by atoms with Gasteiger partial charge in [-0.15, -0.1) is 11.6 Å². The van der Waals surface area contributed by atoms with Crippen molar-refractivity contribution < 1.29 is 4.42 Å². The third-order valence-electron chi connectivity index (χ3n) is 2.85. The summed E-state index contributed by atoms with van der Waals surface area (Å²) in [4.78, 5) is 2.45. The molecule has 0 bridgehead atoms. The molecule has 84 valence electrons. The van der Waals surface area contributed by atoms with E-state index in [0.29, 0.717) is 5.92 Å². The first-order chi connectivity index (χ1) is 7.28. The zero-order valence-electron chi connectivity index (χ0n) is 8.59. The highest BCUT2D eigenvalue weighted by Gasteiger charge is 2.19. The van der Waals surface area contributed by atoms with Gasteiger partial charge in [-0.3, -0.25) is 4.90 Å². The van der Waals surface area contributed by atoms with Crippen LogP contribution in [-0.4, -0.2) is 23.9 Å². The van der Waals surface area contributed by atoms with Crippen molar-refractivity contribution in [2.75, 3.05) is 19.0 Å². The summed E-state index contributed by atoms with van der Waals surface area (Å²) in [6.07, 6.45) is 4.35. The van der Waals surface area contributed by atoms with Crippen LogP contribution in [-0.2, 0) is 6.54 Å². The molecule has 0 amide bonds. The third kappa shape index (κ3) is 3.23. The van der Waals surface area contributed by atoms with Crippen LogP contribution in [0, 0.1) is 5.92 Å². The second-order valence-corrected chi connectivity index (χ2v) is 5.25. The molecule has 1 aromatic rings. The molecule has 0 saturated carbocycles. The van der Waals surface area contributed by atoms with Crippen LogP contribution in [0.4, 0.5) is 0 Å². The minimum absolute atomic E-state index is 0.663. The van der Waals surface area contributed by atoms with Gasteiger partial charge in [-0.1, -0.05) is 0 Å². The first-order valence-electron chi connectivity index (χ1n) is 5.29. The predicted molar refractivity (Wildman–Crippen MR) is 65.1 cm³/mol. The highest BCUT2D eigenvalue weighted by atomic mass is 79.9. The fourth-order valence-corrected chi connectivity index (χ4v) is 2.75. The van der Waals surface area contributed by atoms with Gasteiger partial charge < -0.3 is 4.42 Å². The quantitative estimate of drug-likeness (QED) is 0.793. The molecule has 2 nitrogen and oxygen atoms in total. The van der Waals surface area contributed by atoms with Crippen LogP contribution in [0.15, 0.2) is 21.4 Å². The van der Waals surface area contributed by atoms with E-state index in [-0.39, 0.29) is 0 Å². The van der Waals surface area contributed by atoms with Gasteiger partial charge in [0.25, 0.3) is 0 Å². The van der Waals surface area contributed by atoms with E-state index in [2.05, 4.69) is 20.8 Å². The molecule has 1 saturated heterocycles. The Balaban J connectivity index is 1.88. The smallest absolute Gasteiger partial charge is 0.169 e. The molecule has 1 atom stereocenters. The van der Waals surface area contributed by atoms with Crippen LogP contribution in [0.3, 0.4) is 0 Å². The number of halogens is 2. The van der Waals surface area contributed by atoms with Crippen LogP contribution in [0.1, 0.15) is 18.4 Å². The van der Waals surface area contributed by atoms with Crippen molar-refractivity contribution in [1.29, 1.82) is 0 Å². The van der Waals surface area contributed by atoms with Crippen LogP contribution < -0.4 is 0 Å². The number of alkyl halides is 1. The zero-order chi connectivity index (χ0) is 10.7. The van der Waals surface area contributed by atoms with Gasteiger partial charge in [-0.05, 0) is 47.3 Å². The molecule has 1 aromatic heterocycles. The van der Waals surface area contributed by atoms with Gasteiger partial charge in [-0.2, -0.15) is 0 Å². The number of nitrogens with zero attached hydrogens (tertiary/aromatic N) is 1. The molecule has 15 heavy (non-hydrogen) atoms. The molecule has 0 aromatic carbocycles. The maximum atomic E-state index is 5.90. The van der Waals surface area contributed by atoms with Gasteiger partial charge >= 0.3 is 0 Å². The SMILES string of the molecule is ClCC1CCCN(Cc2coc(Br)c2)C1. The highest BCUT2D eigenvalue weighted by Crippen LogP contribution is 2.21. The summed E-state index contributed by atoms with van der Waals surface area (Å²) in [5.41, 5.74) is 1.23. The normalized spacial score (nSPS) is 23.2. The fraction of sp³-hybridized carbons (Fsp3) is 0.636. The maximum absolute atomic E-state index is 5.90. The number of rotatable bonds is 3. The van der Waals surface area contributed by atoms with Crippen molar-refractivity contribution in [3.05, 3.63) is 22.6 Å². The predicted octanol–water partition coefficient (Wildman–Crippen LogP) is 3.49. The second-order valence-electron chi connectivity index (χ2n) is 4.16. The molecular formula is C11H15BrClNO. The van der Waals surface area contributed by atoms with Crippen LogP contribution in [0.2, 0.25) is 0 Å². The number of hydrogen-bond acceptors (Lipinski definition) is 2. The van der Waals surface area contributed by atoms with E-state index in [0.717, 1.165) is 23.6 Å². The first-order valence-corrected chi connectivity index (χ1v) is 6.62. The molecule has 2 rings (SSSR count). The van der Waals surface area contributed by atoms with Crippen molar-refractivity contribution in [2.24, 2.45) is 5.92 Å². The summed E-state index contributed by atoms with van der Waals surface area (Å²) in [6.45, 7) is 3.27. The average molecular weight is 293 g/mol. The Hall–Kier alpha value is 0.01000. The van der Waals surface area contributed by atoms with Gasteiger partial charge in [0.1, 0.15) is 0 Å². The lowest BCUT2D eigenvalue weighted by molar-refractivity contribution is 0.178. The minimum Gasteiger partial charge on any atom is -0.457 e. The van der Waals surface area contributed by atoms with Gasteiger partial charge in [0.05, 0.1) is 6.26 Å². The average Bonchev–Trinajstić information content (AvgIpc) is 2.64. The van der Waals surface area contributed by atoms with Gasteiger partial charge in [0, 0.05) is 24.5 Å². The molecule has 1 aliphatic rings. The number of furan rings is 1. The van der Waals surface area contributed by atoms with E-state index in [4.69, 9.17) is 16.0 Å². The highest BCUT2D eigenvalue weighted by molar-refractivity contribution is 9.10. The van der Waals surface area contributed by atoms with E-state index < -0.39 is 0 Å². The lowest BCUT2D eigenvalue weighted by atomic mass is 10.00. The largest absolute Gasteiger partial charge is 0.457 e. The van der Waals surface area contributed by atoms with Gasteiger partial charge in [0.15, 0.2) is 4.67 Å². The first kappa shape index (κ1) is 11.5. The zero-order valence-corrected chi connectivity index (χ0v) is 10.9. The van der Waals surface area contributed by atoms with E-state index >= 15 is 0 Å². The topological polar surface area (TPSA) is 16.4 Å². The summed E-state index contributed by atoms with van der Waals surface area (Å²) < 4.78 is 6.03. The summed E-state index contributed by atoms with van der Waals surface area (Å²) >= 11 is 9.22. The van der Waals surface area contributed by atoms with Crippen LogP contribution in [0.5, 0.6) is 0 Å². The standard InChI is InChI=1S/C11H15BrClNO/c12-11-4-10(8-15-11)7-14-3-1-2-9(5-13)6-14/h4,8-9H,1-3,5-7H2. The Kier molecular flexibility index (Phi) is 4.12. The summed E-state index contributed by atoms with van der Waals surface area (Å²) in [7, 11) is 0. The monoisotopic (exact) mass is 291 g/mol. The van der Waals surface area contributed by atoms with Crippen LogP contribution >= 0.6 is 27.5 Å². The number of hydrogen-bond donors (Lipinski definition) is 0. The van der Waals surface area contributed by atoms with Gasteiger partial charge in [-0.25, -0.2) is 0 Å². The molecule has 1 unspecified atom stereocenters.